The van der Waals surface area contributed by atoms with Crippen molar-refractivity contribution in [2.75, 3.05) is 13.7 Å². The highest BCUT2D eigenvalue weighted by molar-refractivity contribution is 5.05. The first kappa shape index (κ1) is 16.1. The molecule has 0 amide bonds. The van der Waals surface area contributed by atoms with Gasteiger partial charge in [0.25, 0.3) is 0 Å². The molecule has 0 saturated heterocycles. The molecule has 0 saturated carbocycles. The Labute approximate surface area is 117 Å². The van der Waals surface area contributed by atoms with Crippen LogP contribution in [0.15, 0.2) is 24.5 Å². The van der Waals surface area contributed by atoms with Gasteiger partial charge in [-0.05, 0) is 19.0 Å². The Kier molecular flexibility index (Phi) is 7.03. The molecular weight excluding hydrogens is 236 g/mol. The number of aliphatic hydroxyl groups excluding tert-OH is 1. The van der Waals surface area contributed by atoms with Crippen molar-refractivity contribution in [1.82, 2.24) is 4.90 Å². The third-order valence-electron chi connectivity index (χ3n) is 3.64. The van der Waals surface area contributed by atoms with Crippen molar-refractivity contribution in [3.63, 3.8) is 0 Å². The van der Waals surface area contributed by atoms with Crippen LogP contribution < -0.4 is 4.57 Å². The first-order chi connectivity index (χ1) is 9.08. The van der Waals surface area contributed by atoms with Crippen LogP contribution in [0.5, 0.6) is 0 Å². The summed E-state index contributed by atoms with van der Waals surface area (Å²) in [5.41, 5.74) is 1.31. The molecule has 1 aromatic rings. The number of aliphatic hydroxyl groups is 1. The van der Waals surface area contributed by atoms with Crippen molar-refractivity contribution in [2.24, 2.45) is 5.92 Å². The van der Waals surface area contributed by atoms with Crippen molar-refractivity contribution in [3.05, 3.63) is 30.1 Å². The van der Waals surface area contributed by atoms with E-state index in [4.69, 9.17) is 0 Å². The van der Waals surface area contributed by atoms with E-state index in [-0.39, 0.29) is 12.6 Å². The highest BCUT2D eigenvalue weighted by atomic mass is 16.3. The van der Waals surface area contributed by atoms with Gasteiger partial charge in [-0.3, -0.25) is 4.90 Å². The summed E-state index contributed by atoms with van der Waals surface area (Å²) in [4.78, 5) is 2.24. The minimum absolute atomic E-state index is 0.219. The molecule has 0 unspecified atom stereocenters. The zero-order valence-electron chi connectivity index (χ0n) is 12.8. The van der Waals surface area contributed by atoms with Gasteiger partial charge in [0.2, 0.25) is 0 Å². The Bertz CT molecular complexity index is 366. The van der Waals surface area contributed by atoms with Gasteiger partial charge in [0.1, 0.15) is 6.54 Å². The highest BCUT2D eigenvalue weighted by Crippen LogP contribution is 2.11. The quantitative estimate of drug-likeness (QED) is 0.730. The molecule has 3 heteroatoms. The number of likely N-dealkylation sites (N-methyl/N-ethyl adjacent to an activating group) is 1. The highest BCUT2D eigenvalue weighted by Gasteiger charge is 2.18. The van der Waals surface area contributed by atoms with Crippen LogP contribution in [0.2, 0.25) is 0 Å². The fraction of sp³-hybridized carbons (Fsp3) is 0.688. The summed E-state index contributed by atoms with van der Waals surface area (Å²) in [6.45, 7) is 8.72. The van der Waals surface area contributed by atoms with E-state index in [1.165, 1.54) is 18.4 Å². The molecule has 1 aromatic heterocycles. The summed E-state index contributed by atoms with van der Waals surface area (Å²) in [5, 5.41) is 9.47. The van der Waals surface area contributed by atoms with Crippen LogP contribution in [-0.4, -0.2) is 29.7 Å². The Morgan fingerprint density at radius 3 is 2.68 bits per heavy atom. The molecule has 3 nitrogen and oxygen atoms in total. The number of unbranched alkanes of at least 4 members (excludes halogenated alkanes) is 1. The zero-order valence-corrected chi connectivity index (χ0v) is 12.8. The smallest absolute Gasteiger partial charge is 0.173 e. The summed E-state index contributed by atoms with van der Waals surface area (Å²) in [5.74, 6) is 0.464. The third kappa shape index (κ3) is 5.29. The molecule has 0 spiro atoms. The molecule has 0 aliphatic carbocycles. The summed E-state index contributed by atoms with van der Waals surface area (Å²) < 4.78 is 2.26. The minimum atomic E-state index is 0.219. The van der Waals surface area contributed by atoms with Crippen LogP contribution in [0.1, 0.15) is 39.2 Å². The Hall–Kier alpha value is -0.930. The van der Waals surface area contributed by atoms with Crippen molar-refractivity contribution in [2.45, 2.75) is 52.7 Å². The molecule has 1 N–H and O–H groups in total. The van der Waals surface area contributed by atoms with E-state index in [2.05, 4.69) is 61.8 Å². The van der Waals surface area contributed by atoms with Gasteiger partial charge in [0, 0.05) is 30.6 Å². The molecule has 108 valence electrons. The number of aromatic nitrogens is 1. The maximum Gasteiger partial charge on any atom is 0.173 e. The minimum Gasteiger partial charge on any atom is -0.395 e. The van der Waals surface area contributed by atoms with E-state index in [0.717, 1.165) is 13.1 Å². The second kappa shape index (κ2) is 8.28. The molecule has 1 rings (SSSR count). The van der Waals surface area contributed by atoms with E-state index >= 15 is 0 Å². The summed E-state index contributed by atoms with van der Waals surface area (Å²) >= 11 is 0. The van der Waals surface area contributed by atoms with Crippen LogP contribution in [0.25, 0.3) is 0 Å². The topological polar surface area (TPSA) is 27.4 Å². The second-order valence-corrected chi connectivity index (χ2v) is 5.71. The van der Waals surface area contributed by atoms with Gasteiger partial charge in [-0.25, -0.2) is 4.57 Å². The third-order valence-corrected chi connectivity index (χ3v) is 3.64. The molecule has 0 aliphatic rings. The fourth-order valence-electron chi connectivity index (χ4n) is 2.41. The van der Waals surface area contributed by atoms with E-state index in [1.54, 1.807) is 0 Å². The predicted molar refractivity (Wildman–Crippen MR) is 78.7 cm³/mol. The number of rotatable bonds is 8. The van der Waals surface area contributed by atoms with Gasteiger partial charge in [0.05, 0.1) is 6.61 Å². The zero-order chi connectivity index (χ0) is 14.3. The molecule has 1 atom stereocenters. The number of aryl methyl sites for hydroxylation is 1. The van der Waals surface area contributed by atoms with E-state index in [1.807, 2.05) is 0 Å². The molecule has 0 aliphatic heterocycles. The number of pyridine rings is 1. The molecule has 1 heterocycles. The molecule has 0 radical (unpaired) electrons. The van der Waals surface area contributed by atoms with E-state index in [0.29, 0.717) is 5.92 Å². The van der Waals surface area contributed by atoms with Crippen molar-refractivity contribution in [1.29, 1.82) is 0 Å². The lowest BCUT2D eigenvalue weighted by molar-refractivity contribution is -0.697. The summed E-state index contributed by atoms with van der Waals surface area (Å²) in [6.07, 6.45) is 6.79. The summed E-state index contributed by atoms with van der Waals surface area (Å²) in [6, 6.07) is 4.50. The SMILES string of the molecule is CCCC[n+]1cccc(CN(C)[C@H](CO)C(C)C)c1. The summed E-state index contributed by atoms with van der Waals surface area (Å²) in [7, 11) is 2.09. The number of hydrogen-bond acceptors (Lipinski definition) is 2. The van der Waals surface area contributed by atoms with E-state index in [9.17, 15) is 5.11 Å². The van der Waals surface area contributed by atoms with Crippen molar-refractivity contribution < 1.29 is 9.67 Å². The van der Waals surface area contributed by atoms with Crippen LogP contribution in [0.3, 0.4) is 0 Å². The largest absolute Gasteiger partial charge is 0.395 e. The van der Waals surface area contributed by atoms with Crippen LogP contribution in [-0.2, 0) is 13.1 Å². The molecule has 19 heavy (non-hydrogen) atoms. The van der Waals surface area contributed by atoms with Gasteiger partial charge < -0.3 is 5.11 Å². The van der Waals surface area contributed by atoms with Gasteiger partial charge >= 0.3 is 0 Å². The fourth-order valence-corrected chi connectivity index (χ4v) is 2.41. The number of hydrogen-bond donors (Lipinski definition) is 1. The van der Waals surface area contributed by atoms with Crippen LogP contribution >= 0.6 is 0 Å². The lowest BCUT2D eigenvalue weighted by Gasteiger charge is -2.29. The lowest BCUT2D eigenvalue weighted by atomic mass is 10.0. The van der Waals surface area contributed by atoms with Gasteiger partial charge in [-0.2, -0.15) is 0 Å². The molecular formula is C16H29N2O+. The lowest BCUT2D eigenvalue weighted by Crippen LogP contribution is -2.39. The average molecular weight is 265 g/mol. The van der Waals surface area contributed by atoms with Gasteiger partial charge in [0.15, 0.2) is 12.4 Å². The standard InChI is InChI=1S/C16H29N2O/c1-5-6-9-18-10-7-8-15(12-18)11-17(4)16(13-19)14(2)3/h7-8,10,12,14,16,19H,5-6,9,11,13H2,1-4H3/q+1/t16-/m1/s1. The molecule has 0 aromatic carbocycles. The van der Waals surface area contributed by atoms with Crippen LogP contribution in [0, 0.1) is 5.92 Å². The van der Waals surface area contributed by atoms with Crippen LogP contribution in [0.4, 0.5) is 0 Å². The van der Waals surface area contributed by atoms with Crippen molar-refractivity contribution in [3.8, 4) is 0 Å². The number of nitrogens with zero attached hydrogens (tertiary/aromatic N) is 2. The van der Waals surface area contributed by atoms with Gasteiger partial charge in [-0.15, -0.1) is 0 Å². The molecule has 0 fully saturated rings. The normalized spacial score (nSPS) is 13.2. The van der Waals surface area contributed by atoms with Gasteiger partial charge in [-0.1, -0.05) is 27.2 Å². The van der Waals surface area contributed by atoms with Crippen molar-refractivity contribution >= 4 is 0 Å². The maximum absolute atomic E-state index is 9.47. The predicted octanol–water partition coefficient (Wildman–Crippen LogP) is 2.22. The Morgan fingerprint density at radius 2 is 2.11 bits per heavy atom. The Morgan fingerprint density at radius 1 is 1.37 bits per heavy atom. The monoisotopic (exact) mass is 265 g/mol. The second-order valence-electron chi connectivity index (χ2n) is 5.71. The maximum atomic E-state index is 9.47. The Balaban J connectivity index is 2.65. The first-order valence-electron chi connectivity index (χ1n) is 7.37. The average Bonchev–Trinajstić information content (AvgIpc) is 2.37. The molecule has 0 bridgehead atoms. The first-order valence-corrected chi connectivity index (χ1v) is 7.37. The van der Waals surface area contributed by atoms with E-state index < -0.39 is 0 Å².